The molecule has 4 heteroatoms. The third kappa shape index (κ3) is 3.97. The van der Waals surface area contributed by atoms with Crippen LogP contribution in [-0.2, 0) is 4.79 Å². The zero-order valence-electron chi connectivity index (χ0n) is 12.2. The molecule has 110 valence electrons. The van der Waals surface area contributed by atoms with E-state index in [-0.39, 0.29) is 17.9 Å². The summed E-state index contributed by atoms with van der Waals surface area (Å²) < 4.78 is 0. The number of carbonyl (C=O) groups is 1. The van der Waals surface area contributed by atoms with Crippen molar-refractivity contribution in [3.63, 3.8) is 0 Å². The highest BCUT2D eigenvalue weighted by atomic mass is 35.5. The van der Waals surface area contributed by atoms with Gasteiger partial charge in [0.25, 0.3) is 0 Å². The number of hydrogen-bond donors (Lipinski definition) is 2. The summed E-state index contributed by atoms with van der Waals surface area (Å²) in [6.07, 6.45) is 2.73. The van der Waals surface area contributed by atoms with Crippen LogP contribution in [0.1, 0.15) is 44.7 Å². The molecular weight excluding hydrogens is 272 g/mol. The van der Waals surface area contributed by atoms with Gasteiger partial charge < -0.3 is 10.6 Å². The molecule has 0 saturated carbocycles. The molecule has 0 radical (unpaired) electrons. The maximum Gasteiger partial charge on any atom is 0.223 e. The minimum Gasteiger partial charge on any atom is -0.349 e. The third-order valence-electron chi connectivity index (χ3n) is 3.99. The van der Waals surface area contributed by atoms with Crippen LogP contribution in [0.2, 0.25) is 5.02 Å². The number of piperidine rings is 1. The monoisotopic (exact) mass is 294 g/mol. The summed E-state index contributed by atoms with van der Waals surface area (Å²) in [6, 6.07) is 8.22. The average Bonchev–Trinajstić information content (AvgIpc) is 2.45. The molecule has 3 atom stereocenters. The maximum atomic E-state index is 12.4. The van der Waals surface area contributed by atoms with Crippen LogP contribution in [0.4, 0.5) is 0 Å². The van der Waals surface area contributed by atoms with E-state index in [4.69, 9.17) is 11.6 Å². The number of benzene rings is 1. The molecule has 2 rings (SSSR count). The van der Waals surface area contributed by atoms with E-state index in [9.17, 15) is 4.79 Å². The summed E-state index contributed by atoms with van der Waals surface area (Å²) in [5.41, 5.74) is 1.12. The number of halogens is 1. The van der Waals surface area contributed by atoms with Crippen LogP contribution in [-0.4, -0.2) is 18.5 Å². The molecule has 2 N–H and O–H groups in total. The van der Waals surface area contributed by atoms with Crippen LogP contribution >= 0.6 is 11.6 Å². The highest BCUT2D eigenvalue weighted by Crippen LogP contribution is 2.22. The molecule has 1 heterocycles. The van der Waals surface area contributed by atoms with Crippen molar-refractivity contribution in [1.82, 2.24) is 10.6 Å². The molecule has 1 aromatic carbocycles. The maximum absolute atomic E-state index is 12.4. The van der Waals surface area contributed by atoms with Gasteiger partial charge in [0.2, 0.25) is 5.91 Å². The quantitative estimate of drug-likeness (QED) is 0.894. The number of rotatable bonds is 4. The molecular formula is C16H23ClN2O. The Morgan fingerprint density at radius 3 is 2.75 bits per heavy atom. The topological polar surface area (TPSA) is 41.1 Å². The molecule has 0 aliphatic carbocycles. The van der Waals surface area contributed by atoms with E-state index in [1.54, 1.807) is 0 Å². The van der Waals surface area contributed by atoms with Crippen molar-refractivity contribution < 1.29 is 4.79 Å². The van der Waals surface area contributed by atoms with Gasteiger partial charge in [0.05, 0.1) is 6.04 Å². The Labute approximate surface area is 126 Å². The van der Waals surface area contributed by atoms with Crippen molar-refractivity contribution in [3.8, 4) is 0 Å². The fraction of sp³-hybridized carbons (Fsp3) is 0.562. The minimum atomic E-state index is 0.0740. The lowest BCUT2D eigenvalue weighted by atomic mass is 9.92. The van der Waals surface area contributed by atoms with Crippen LogP contribution < -0.4 is 10.6 Å². The van der Waals surface area contributed by atoms with Crippen LogP contribution in [0.15, 0.2) is 24.3 Å². The number of amides is 1. The van der Waals surface area contributed by atoms with Gasteiger partial charge in [-0.2, -0.15) is 0 Å². The van der Waals surface area contributed by atoms with Gasteiger partial charge in [0, 0.05) is 17.0 Å². The van der Waals surface area contributed by atoms with Crippen molar-refractivity contribution in [1.29, 1.82) is 0 Å². The van der Waals surface area contributed by atoms with Gasteiger partial charge in [-0.15, -0.1) is 0 Å². The van der Waals surface area contributed by atoms with Crippen LogP contribution in [0.3, 0.4) is 0 Å². The first kappa shape index (κ1) is 15.3. The van der Waals surface area contributed by atoms with Crippen molar-refractivity contribution in [2.24, 2.45) is 5.92 Å². The van der Waals surface area contributed by atoms with Gasteiger partial charge in [-0.05, 0) is 50.4 Å². The number of nitrogens with one attached hydrogen (secondary N) is 2. The smallest absolute Gasteiger partial charge is 0.223 e. The van der Waals surface area contributed by atoms with E-state index in [0.717, 1.165) is 36.4 Å². The van der Waals surface area contributed by atoms with Crippen molar-refractivity contribution >= 4 is 17.5 Å². The fourth-order valence-electron chi connectivity index (χ4n) is 2.78. The van der Waals surface area contributed by atoms with Gasteiger partial charge in [0.1, 0.15) is 0 Å². The first-order valence-electron chi connectivity index (χ1n) is 7.39. The fourth-order valence-corrected chi connectivity index (χ4v) is 2.90. The number of carbonyl (C=O) groups excluding carboxylic acids is 1. The Morgan fingerprint density at radius 1 is 1.45 bits per heavy atom. The van der Waals surface area contributed by atoms with Crippen molar-refractivity contribution in [2.75, 3.05) is 6.54 Å². The second-order valence-electron chi connectivity index (χ2n) is 5.60. The number of hydrogen-bond acceptors (Lipinski definition) is 2. The van der Waals surface area contributed by atoms with E-state index < -0.39 is 0 Å². The molecule has 1 saturated heterocycles. The Hall–Kier alpha value is -1.06. The summed E-state index contributed by atoms with van der Waals surface area (Å²) in [7, 11) is 0. The standard InChI is InChI=1S/C16H23ClN2O/c1-3-15(12-4-6-14(17)7-5-12)19-16(20)13-8-9-18-11(2)10-13/h4-7,11,13,15,18H,3,8-10H2,1-2H3,(H,19,20)/t11-,13-,15?/m0/s1. The second kappa shape index (κ2) is 7.09. The zero-order valence-corrected chi connectivity index (χ0v) is 12.9. The van der Waals surface area contributed by atoms with Crippen molar-refractivity contribution in [2.45, 2.75) is 45.2 Å². The van der Waals surface area contributed by atoms with Gasteiger partial charge in [0.15, 0.2) is 0 Å². The van der Waals surface area contributed by atoms with Crippen molar-refractivity contribution in [3.05, 3.63) is 34.9 Å². The van der Waals surface area contributed by atoms with Gasteiger partial charge in [-0.1, -0.05) is 30.7 Å². The minimum absolute atomic E-state index is 0.0740. The SMILES string of the molecule is CCC(NC(=O)[C@H]1CCN[C@@H](C)C1)c1ccc(Cl)cc1. The molecule has 1 aromatic rings. The van der Waals surface area contributed by atoms with E-state index in [1.807, 2.05) is 24.3 Å². The summed E-state index contributed by atoms with van der Waals surface area (Å²) in [6.45, 7) is 5.15. The lowest BCUT2D eigenvalue weighted by Crippen LogP contribution is -2.43. The predicted octanol–water partition coefficient (Wildman–Crippen LogP) is 3.30. The first-order chi connectivity index (χ1) is 9.60. The normalized spacial score (nSPS) is 24.1. The Kier molecular flexibility index (Phi) is 5.44. The third-order valence-corrected chi connectivity index (χ3v) is 4.24. The summed E-state index contributed by atoms with van der Waals surface area (Å²) in [5, 5.41) is 7.28. The van der Waals surface area contributed by atoms with Crippen LogP contribution in [0, 0.1) is 5.92 Å². The van der Waals surface area contributed by atoms with Gasteiger partial charge in [-0.3, -0.25) is 4.79 Å². The lowest BCUT2D eigenvalue weighted by Gasteiger charge is -2.29. The highest BCUT2D eigenvalue weighted by molar-refractivity contribution is 6.30. The molecule has 20 heavy (non-hydrogen) atoms. The molecule has 3 nitrogen and oxygen atoms in total. The Bertz CT molecular complexity index is 446. The van der Waals surface area contributed by atoms with Gasteiger partial charge in [-0.25, -0.2) is 0 Å². The highest BCUT2D eigenvalue weighted by Gasteiger charge is 2.26. The Morgan fingerprint density at radius 2 is 2.15 bits per heavy atom. The molecule has 1 fully saturated rings. The molecule has 1 aliphatic heterocycles. The molecule has 0 spiro atoms. The van der Waals surface area contributed by atoms with E-state index >= 15 is 0 Å². The van der Waals surface area contributed by atoms with Crippen LogP contribution in [0.25, 0.3) is 0 Å². The largest absolute Gasteiger partial charge is 0.349 e. The second-order valence-corrected chi connectivity index (χ2v) is 6.03. The molecule has 0 bridgehead atoms. The average molecular weight is 295 g/mol. The van der Waals surface area contributed by atoms with E-state index in [2.05, 4.69) is 24.5 Å². The van der Waals surface area contributed by atoms with E-state index in [0.29, 0.717) is 6.04 Å². The molecule has 1 aliphatic rings. The molecule has 0 aromatic heterocycles. The lowest BCUT2D eigenvalue weighted by molar-refractivity contribution is -0.126. The molecule has 1 unspecified atom stereocenters. The first-order valence-corrected chi connectivity index (χ1v) is 7.77. The predicted molar refractivity (Wildman–Crippen MR) is 82.8 cm³/mol. The summed E-state index contributed by atoms with van der Waals surface area (Å²) in [5.74, 6) is 0.313. The zero-order chi connectivity index (χ0) is 14.5. The molecule has 1 amide bonds. The van der Waals surface area contributed by atoms with Gasteiger partial charge >= 0.3 is 0 Å². The van der Waals surface area contributed by atoms with E-state index in [1.165, 1.54) is 0 Å². The summed E-state index contributed by atoms with van der Waals surface area (Å²) in [4.78, 5) is 12.4. The Balaban J connectivity index is 1.98. The summed E-state index contributed by atoms with van der Waals surface area (Å²) >= 11 is 5.91. The van der Waals surface area contributed by atoms with Crippen LogP contribution in [0.5, 0.6) is 0 Å².